The highest BCUT2D eigenvalue weighted by molar-refractivity contribution is 5.90. The van der Waals surface area contributed by atoms with E-state index in [-0.39, 0.29) is 10.8 Å². The molecule has 8 bridgehead atoms. The van der Waals surface area contributed by atoms with E-state index in [2.05, 4.69) is 5.32 Å². The van der Waals surface area contributed by atoms with E-state index in [1.165, 1.54) is 38.5 Å². The minimum absolute atomic E-state index is 0.0223. The topological polar surface area (TPSA) is 46.2 Å². The molecule has 8 saturated carbocycles. The molecule has 0 aromatic rings. The third-order valence-corrected chi connectivity index (χ3v) is 9.83. The van der Waals surface area contributed by atoms with Crippen LogP contribution >= 0.6 is 0 Å². The lowest BCUT2D eigenvalue weighted by Crippen LogP contribution is -2.54. The molecule has 3 heteroatoms. The molecule has 3 nitrogen and oxygen atoms in total. The van der Waals surface area contributed by atoms with Crippen LogP contribution in [0.2, 0.25) is 0 Å². The highest BCUT2D eigenvalue weighted by Crippen LogP contribution is 2.61. The molecule has 27 heavy (non-hydrogen) atoms. The summed E-state index contributed by atoms with van der Waals surface area (Å²) in [6.45, 7) is 0.870. The average molecular weight is 370 g/mol. The fourth-order valence-electron chi connectivity index (χ4n) is 9.57. The van der Waals surface area contributed by atoms with Crippen molar-refractivity contribution < 1.29 is 9.59 Å². The SMILES string of the molecule is O=C(CNCC(=O)C12CC3CC(CC(C3)C1)C2)C12CC3CC(CC(C3)C1)C2. The van der Waals surface area contributed by atoms with Gasteiger partial charge in [-0.3, -0.25) is 9.59 Å². The highest BCUT2D eigenvalue weighted by Gasteiger charge is 2.55. The lowest BCUT2D eigenvalue weighted by molar-refractivity contribution is -0.144. The normalized spacial score (nSPS) is 51.7. The Morgan fingerprint density at radius 1 is 0.556 bits per heavy atom. The number of hydrogen-bond acceptors (Lipinski definition) is 3. The number of hydrogen-bond donors (Lipinski definition) is 1. The van der Waals surface area contributed by atoms with Gasteiger partial charge in [-0.15, -0.1) is 0 Å². The van der Waals surface area contributed by atoms with Crippen LogP contribution in [0.3, 0.4) is 0 Å². The first-order chi connectivity index (χ1) is 13.0. The largest absolute Gasteiger partial charge is 0.303 e. The van der Waals surface area contributed by atoms with Crippen molar-refractivity contribution in [1.82, 2.24) is 5.32 Å². The lowest BCUT2D eigenvalue weighted by Gasteiger charge is -2.56. The molecular weight excluding hydrogens is 334 g/mol. The molecule has 8 fully saturated rings. The molecule has 0 heterocycles. The van der Waals surface area contributed by atoms with E-state index in [1.807, 2.05) is 0 Å². The van der Waals surface area contributed by atoms with E-state index in [0.29, 0.717) is 24.7 Å². The van der Waals surface area contributed by atoms with Gasteiger partial charge in [0.15, 0.2) is 11.6 Å². The summed E-state index contributed by atoms with van der Waals surface area (Å²) in [7, 11) is 0. The van der Waals surface area contributed by atoms with Crippen molar-refractivity contribution in [1.29, 1.82) is 0 Å². The van der Waals surface area contributed by atoms with Crippen LogP contribution in [-0.2, 0) is 9.59 Å². The van der Waals surface area contributed by atoms with Gasteiger partial charge in [0.25, 0.3) is 0 Å². The number of rotatable bonds is 6. The summed E-state index contributed by atoms with van der Waals surface area (Å²) in [5.74, 6) is 5.74. The van der Waals surface area contributed by atoms with Gasteiger partial charge in [0.05, 0.1) is 13.1 Å². The van der Waals surface area contributed by atoms with Crippen molar-refractivity contribution in [3.05, 3.63) is 0 Å². The molecule has 8 aliphatic rings. The zero-order chi connectivity index (χ0) is 18.2. The average Bonchev–Trinajstić information content (AvgIpc) is 2.59. The van der Waals surface area contributed by atoms with E-state index in [9.17, 15) is 9.59 Å². The first-order valence-corrected chi connectivity index (χ1v) is 11.8. The molecule has 8 aliphatic carbocycles. The van der Waals surface area contributed by atoms with Gasteiger partial charge in [-0.2, -0.15) is 0 Å². The Hall–Kier alpha value is -0.700. The zero-order valence-electron chi connectivity index (χ0n) is 16.7. The number of ketones is 2. The minimum atomic E-state index is -0.0223. The van der Waals surface area contributed by atoms with Crippen LogP contribution < -0.4 is 5.32 Å². The Kier molecular flexibility index (Phi) is 3.76. The second kappa shape index (κ2) is 5.90. The van der Waals surface area contributed by atoms with Crippen molar-refractivity contribution in [2.24, 2.45) is 46.3 Å². The summed E-state index contributed by atoms with van der Waals surface area (Å²) in [6.07, 6.45) is 15.1. The minimum Gasteiger partial charge on any atom is -0.303 e. The third kappa shape index (κ3) is 2.70. The van der Waals surface area contributed by atoms with Crippen LogP contribution in [-0.4, -0.2) is 24.7 Å². The summed E-state index contributed by atoms with van der Waals surface area (Å²) in [4.78, 5) is 26.3. The van der Waals surface area contributed by atoms with Gasteiger partial charge in [0.1, 0.15) is 0 Å². The van der Waals surface area contributed by atoms with E-state index in [0.717, 1.165) is 74.0 Å². The Labute approximate surface area is 163 Å². The maximum Gasteiger partial charge on any atom is 0.152 e. The molecule has 1 N–H and O–H groups in total. The van der Waals surface area contributed by atoms with Gasteiger partial charge >= 0.3 is 0 Å². The van der Waals surface area contributed by atoms with Gasteiger partial charge in [0.2, 0.25) is 0 Å². The first-order valence-electron chi connectivity index (χ1n) is 11.8. The van der Waals surface area contributed by atoms with Crippen LogP contribution in [0, 0.1) is 46.3 Å². The molecule has 0 amide bonds. The maximum atomic E-state index is 13.2. The van der Waals surface area contributed by atoms with E-state index < -0.39 is 0 Å². The van der Waals surface area contributed by atoms with Gasteiger partial charge in [-0.05, 0) is 113 Å². The van der Waals surface area contributed by atoms with Crippen LogP contribution in [0.25, 0.3) is 0 Å². The van der Waals surface area contributed by atoms with Crippen molar-refractivity contribution in [3.8, 4) is 0 Å². The molecule has 0 atom stereocenters. The van der Waals surface area contributed by atoms with Crippen molar-refractivity contribution in [3.63, 3.8) is 0 Å². The van der Waals surface area contributed by atoms with E-state index in [4.69, 9.17) is 0 Å². The molecule has 0 unspecified atom stereocenters. The second-order valence-corrected chi connectivity index (χ2v) is 11.8. The quantitative estimate of drug-likeness (QED) is 0.765. The fourth-order valence-corrected chi connectivity index (χ4v) is 9.57. The molecule has 0 aromatic carbocycles. The van der Waals surface area contributed by atoms with Crippen molar-refractivity contribution in [2.75, 3.05) is 13.1 Å². The van der Waals surface area contributed by atoms with Crippen LogP contribution in [0.5, 0.6) is 0 Å². The Morgan fingerprint density at radius 2 is 0.815 bits per heavy atom. The Bertz CT molecular complexity index is 539. The highest BCUT2D eigenvalue weighted by atomic mass is 16.1. The predicted octanol–water partition coefficient (Wildman–Crippen LogP) is 4.15. The zero-order valence-corrected chi connectivity index (χ0v) is 16.7. The first kappa shape index (κ1) is 17.2. The fraction of sp³-hybridized carbons (Fsp3) is 0.917. The summed E-state index contributed by atoms with van der Waals surface area (Å²) in [5, 5.41) is 3.34. The molecule has 0 aromatic heterocycles. The Balaban J connectivity index is 1.07. The van der Waals surface area contributed by atoms with Crippen LogP contribution in [0.4, 0.5) is 0 Å². The van der Waals surface area contributed by atoms with Crippen molar-refractivity contribution >= 4 is 11.6 Å². The maximum absolute atomic E-state index is 13.2. The monoisotopic (exact) mass is 369 g/mol. The summed E-state index contributed by atoms with van der Waals surface area (Å²) < 4.78 is 0. The molecule has 0 saturated heterocycles. The van der Waals surface area contributed by atoms with Gasteiger partial charge in [0, 0.05) is 10.8 Å². The molecular formula is C24H35NO2. The molecule has 0 spiro atoms. The summed E-state index contributed by atoms with van der Waals surface area (Å²) in [6, 6.07) is 0. The van der Waals surface area contributed by atoms with Gasteiger partial charge in [-0.25, -0.2) is 0 Å². The predicted molar refractivity (Wildman–Crippen MR) is 104 cm³/mol. The number of carbonyl (C=O) groups excluding carboxylic acids is 2. The Morgan fingerprint density at radius 3 is 1.07 bits per heavy atom. The summed E-state index contributed by atoms with van der Waals surface area (Å²) in [5.41, 5.74) is -0.0447. The number of carbonyl (C=O) groups is 2. The third-order valence-electron chi connectivity index (χ3n) is 9.83. The lowest BCUT2D eigenvalue weighted by atomic mass is 9.48. The second-order valence-electron chi connectivity index (χ2n) is 11.8. The molecule has 0 aliphatic heterocycles. The standard InChI is InChI=1S/C24H35NO2/c26-21(23-7-15-1-16(8-23)3-17(2-15)9-23)13-25-14-22(27)24-10-18-4-19(11-24)6-20(5-18)12-24/h15-20,25H,1-14H2. The van der Waals surface area contributed by atoms with Crippen molar-refractivity contribution in [2.45, 2.75) is 77.0 Å². The summed E-state index contributed by atoms with van der Waals surface area (Å²) >= 11 is 0. The van der Waals surface area contributed by atoms with Crippen LogP contribution in [0.15, 0.2) is 0 Å². The molecule has 0 radical (unpaired) electrons. The molecule has 8 rings (SSSR count). The number of Topliss-reactive ketones (excluding diaryl/α,β-unsaturated/α-hetero) is 2. The van der Waals surface area contributed by atoms with E-state index >= 15 is 0 Å². The van der Waals surface area contributed by atoms with Gasteiger partial charge in [-0.1, -0.05) is 0 Å². The molecule has 148 valence electrons. The number of nitrogens with one attached hydrogen (secondary N) is 1. The smallest absolute Gasteiger partial charge is 0.152 e. The van der Waals surface area contributed by atoms with Crippen LogP contribution in [0.1, 0.15) is 77.0 Å². The van der Waals surface area contributed by atoms with Gasteiger partial charge < -0.3 is 5.32 Å². The van der Waals surface area contributed by atoms with E-state index in [1.54, 1.807) is 0 Å².